The van der Waals surface area contributed by atoms with Gasteiger partial charge in [0, 0.05) is 21.9 Å². The highest BCUT2D eigenvalue weighted by Crippen LogP contribution is 2.34. The van der Waals surface area contributed by atoms with Crippen molar-refractivity contribution in [3.8, 4) is 22.4 Å². The van der Waals surface area contributed by atoms with Crippen LogP contribution in [0, 0.1) is 0 Å². The number of halogens is 1. The largest absolute Gasteiger partial charge is 0.383 e. The number of pyridine rings is 2. The lowest BCUT2D eigenvalue weighted by Gasteiger charge is -2.11. The number of benzene rings is 1. The molecule has 0 atom stereocenters. The number of fused-ring (bicyclic) bond motifs is 1. The van der Waals surface area contributed by atoms with Gasteiger partial charge in [0.25, 0.3) is 0 Å². The first kappa shape index (κ1) is 17.5. The van der Waals surface area contributed by atoms with E-state index in [4.69, 9.17) is 10.7 Å². The number of aromatic nitrogens is 4. The predicted molar refractivity (Wildman–Crippen MR) is 112 cm³/mol. The van der Waals surface area contributed by atoms with Crippen LogP contribution in [0.1, 0.15) is 19.0 Å². The van der Waals surface area contributed by atoms with Gasteiger partial charge in [-0.3, -0.25) is 4.98 Å². The van der Waals surface area contributed by atoms with Crippen molar-refractivity contribution in [3.63, 3.8) is 0 Å². The van der Waals surface area contributed by atoms with Crippen LogP contribution in [-0.2, 0) is 6.42 Å². The maximum atomic E-state index is 6.16. The molecule has 0 aliphatic heterocycles. The van der Waals surface area contributed by atoms with Gasteiger partial charge in [-0.25, -0.2) is 15.0 Å². The second kappa shape index (κ2) is 7.40. The minimum absolute atomic E-state index is 0.422. The van der Waals surface area contributed by atoms with Crippen LogP contribution in [0.5, 0.6) is 0 Å². The summed E-state index contributed by atoms with van der Waals surface area (Å²) in [4.78, 5) is 17.8. The fourth-order valence-corrected chi connectivity index (χ4v) is 3.50. The predicted octanol–water partition coefficient (Wildman–Crippen LogP) is 5.05. The number of anilines is 1. The average molecular weight is 420 g/mol. The molecule has 0 aliphatic rings. The summed E-state index contributed by atoms with van der Waals surface area (Å²) < 4.78 is 0.993. The first-order chi connectivity index (χ1) is 13.2. The van der Waals surface area contributed by atoms with E-state index in [2.05, 4.69) is 49.9 Å². The van der Waals surface area contributed by atoms with E-state index in [-0.39, 0.29) is 0 Å². The standard InChI is InChI=1S/C21H18BrN5/c1-2-4-16-8-7-14(11-24-16)18-10-17(13-5-3-6-15(22)9-13)19-20(23)25-12-26-21(19)27-18/h3,5-12H,2,4H2,1H3,(H2,23,25,26,27). The molecule has 0 fully saturated rings. The van der Waals surface area contributed by atoms with Gasteiger partial charge < -0.3 is 5.73 Å². The average Bonchev–Trinajstić information content (AvgIpc) is 2.68. The van der Waals surface area contributed by atoms with Crippen LogP contribution in [0.4, 0.5) is 5.82 Å². The molecule has 0 unspecified atom stereocenters. The number of rotatable bonds is 4. The number of nitrogen functional groups attached to an aromatic ring is 1. The molecule has 0 amide bonds. The maximum absolute atomic E-state index is 6.16. The van der Waals surface area contributed by atoms with E-state index in [0.717, 1.165) is 50.8 Å². The van der Waals surface area contributed by atoms with Crippen LogP contribution in [0.15, 0.2) is 59.5 Å². The molecule has 0 aliphatic carbocycles. The summed E-state index contributed by atoms with van der Waals surface area (Å²) in [7, 11) is 0. The van der Waals surface area contributed by atoms with Gasteiger partial charge in [0.15, 0.2) is 5.65 Å². The first-order valence-corrected chi connectivity index (χ1v) is 9.57. The fourth-order valence-electron chi connectivity index (χ4n) is 3.10. The topological polar surface area (TPSA) is 77.6 Å². The van der Waals surface area contributed by atoms with Crippen molar-refractivity contribution in [1.29, 1.82) is 0 Å². The van der Waals surface area contributed by atoms with Crippen molar-refractivity contribution < 1.29 is 0 Å². The monoisotopic (exact) mass is 419 g/mol. The van der Waals surface area contributed by atoms with Crippen molar-refractivity contribution in [2.24, 2.45) is 0 Å². The molecule has 6 heteroatoms. The Kier molecular flexibility index (Phi) is 4.81. The molecule has 1 aromatic carbocycles. The lowest BCUT2D eigenvalue weighted by atomic mass is 10.00. The molecular weight excluding hydrogens is 402 g/mol. The number of hydrogen-bond acceptors (Lipinski definition) is 5. The second-order valence-electron chi connectivity index (χ2n) is 6.31. The zero-order valence-corrected chi connectivity index (χ0v) is 16.4. The van der Waals surface area contributed by atoms with Gasteiger partial charge in [0.1, 0.15) is 12.1 Å². The summed E-state index contributed by atoms with van der Waals surface area (Å²) in [6.07, 6.45) is 5.36. The lowest BCUT2D eigenvalue weighted by molar-refractivity contribution is 0.883. The van der Waals surface area contributed by atoms with Crippen LogP contribution >= 0.6 is 15.9 Å². The van der Waals surface area contributed by atoms with Crippen LogP contribution in [0.2, 0.25) is 0 Å². The summed E-state index contributed by atoms with van der Waals surface area (Å²) in [6.45, 7) is 2.15. The third kappa shape index (κ3) is 3.53. The molecule has 5 nitrogen and oxygen atoms in total. The highest BCUT2D eigenvalue weighted by Gasteiger charge is 2.14. The third-order valence-corrected chi connectivity index (χ3v) is 4.89. The Morgan fingerprint density at radius 3 is 2.63 bits per heavy atom. The maximum Gasteiger partial charge on any atom is 0.165 e. The molecule has 0 saturated carbocycles. The molecule has 2 N–H and O–H groups in total. The van der Waals surface area contributed by atoms with Gasteiger partial charge in [-0.1, -0.05) is 41.4 Å². The van der Waals surface area contributed by atoms with Crippen molar-refractivity contribution in [2.75, 3.05) is 5.73 Å². The summed E-state index contributed by atoms with van der Waals surface area (Å²) in [6, 6.07) is 14.2. The molecule has 0 saturated heterocycles. The molecule has 0 radical (unpaired) electrons. The van der Waals surface area contributed by atoms with E-state index in [1.165, 1.54) is 6.33 Å². The summed E-state index contributed by atoms with van der Waals surface area (Å²) in [5.41, 5.74) is 11.6. The van der Waals surface area contributed by atoms with Gasteiger partial charge in [-0.15, -0.1) is 0 Å². The van der Waals surface area contributed by atoms with E-state index in [1.807, 2.05) is 36.5 Å². The highest BCUT2D eigenvalue weighted by molar-refractivity contribution is 9.10. The van der Waals surface area contributed by atoms with Crippen LogP contribution in [-0.4, -0.2) is 19.9 Å². The zero-order chi connectivity index (χ0) is 18.8. The second-order valence-corrected chi connectivity index (χ2v) is 7.23. The van der Waals surface area contributed by atoms with Crippen molar-refractivity contribution in [3.05, 3.63) is 65.2 Å². The van der Waals surface area contributed by atoms with Gasteiger partial charge in [-0.05, 0) is 47.9 Å². The van der Waals surface area contributed by atoms with Crippen molar-refractivity contribution >= 4 is 32.8 Å². The Balaban J connectivity index is 1.93. The molecule has 3 heterocycles. The Bertz CT molecular complexity index is 1110. The highest BCUT2D eigenvalue weighted by atomic mass is 79.9. The van der Waals surface area contributed by atoms with Crippen LogP contribution in [0.3, 0.4) is 0 Å². The Morgan fingerprint density at radius 2 is 1.89 bits per heavy atom. The van der Waals surface area contributed by atoms with Crippen LogP contribution in [0.25, 0.3) is 33.4 Å². The molecular formula is C21H18BrN5. The minimum Gasteiger partial charge on any atom is -0.383 e. The summed E-state index contributed by atoms with van der Waals surface area (Å²) in [5.74, 6) is 0.422. The van der Waals surface area contributed by atoms with Crippen molar-refractivity contribution in [1.82, 2.24) is 19.9 Å². The quantitative estimate of drug-likeness (QED) is 0.500. The van der Waals surface area contributed by atoms with E-state index in [9.17, 15) is 0 Å². The molecule has 3 aromatic heterocycles. The SMILES string of the molecule is CCCc1ccc(-c2cc(-c3cccc(Br)c3)c3c(N)ncnc3n2)cn1. The fraction of sp³-hybridized carbons (Fsp3) is 0.143. The van der Waals surface area contributed by atoms with E-state index >= 15 is 0 Å². The Morgan fingerprint density at radius 1 is 1.00 bits per heavy atom. The summed E-state index contributed by atoms with van der Waals surface area (Å²) in [5, 5.41) is 0.759. The zero-order valence-electron chi connectivity index (χ0n) is 14.9. The van der Waals surface area contributed by atoms with E-state index in [1.54, 1.807) is 0 Å². The molecule has 0 spiro atoms. The molecule has 27 heavy (non-hydrogen) atoms. The van der Waals surface area contributed by atoms with Crippen molar-refractivity contribution in [2.45, 2.75) is 19.8 Å². The molecule has 134 valence electrons. The first-order valence-electron chi connectivity index (χ1n) is 8.78. The van der Waals surface area contributed by atoms with E-state index in [0.29, 0.717) is 11.5 Å². The van der Waals surface area contributed by atoms with Crippen LogP contribution < -0.4 is 5.73 Å². The molecule has 0 bridgehead atoms. The minimum atomic E-state index is 0.422. The van der Waals surface area contributed by atoms with Gasteiger partial charge in [-0.2, -0.15) is 0 Å². The number of nitrogens with zero attached hydrogens (tertiary/aromatic N) is 4. The van der Waals surface area contributed by atoms with E-state index < -0.39 is 0 Å². The van der Waals surface area contributed by atoms with Gasteiger partial charge in [0.05, 0.1) is 11.1 Å². The Labute approximate surface area is 165 Å². The Hall–Kier alpha value is -2.86. The summed E-state index contributed by atoms with van der Waals surface area (Å²) >= 11 is 3.54. The van der Waals surface area contributed by atoms with Gasteiger partial charge in [0.2, 0.25) is 0 Å². The third-order valence-electron chi connectivity index (χ3n) is 4.40. The lowest BCUT2D eigenvalue weighted by Crippen LogP contribution is -1.99. The number of aryl methyl sites for hydroxylation is 1. The smallest absolute Gasteiger partial charge is 0.165 e. The number of hydrogen-bond donors (Lipinski definition) is 1. The molecule has 4 aromatic rings. The normalized spacial score (nSPS) is 11.0. The molecule has 4 rings (SSSR count). The number of nitrogens with two attached hydrogens (primary N) is 1. The van der Waals surface area contributed by atoms with Gasteiger partial charge >= 0.3 is 0 Å².